The summed E-state index contributed by atoms with van der Waals surface area (Å²) in [6.45, 7) is 2.78. The Kier molecular flexibility index (Phi) is 4.74. The standard InChI is InChI=1S/C18H19N3O3/c1-13-2-4-14(5-3-13)17(15-6-8-19-9-7-15)20-16(22)12-21-10-11-24-18(21)23/h2-9,17H,10-12H2,1H3,(H,20,22)/t17-/m1/s1. The fourth-order valence-corrected chi connectivity index (χ4v) is 2.62. The number of carbonyl (C=O) groups is 2. The zero-order chi connectivity index (χ0) is 16.9. The summed E-state index contributed by atoms with van der Waals surface area (Å²) in [6.07, 6.45) is 2.95. The van der Waals surface area contributed by atoms with Gasteiger partial charge in [0.2, 0.25) is 5.91 Å². The summed E-state index contributed by atoms with van der Waals surface area (Å²) in [5.41, 5.74) is 3.06. The number of hydrogen-bond acceptors (Lipinski definition) is 4. The topological polar surface area (TPSA) is 71.5 Å². The lowest BCUT2D eigenvalue weighted by Crippen LogP contribution is -2.39. The van der Waals surface area contributed by atoms with Crippen LogP contribution in [0.3, 0.4) is 0 Å². The van der Waals surface area contributed by atoms with E-state index in [1.54, 1.807) is 12.4 Å². The fourth-order valence-electron chi connectivity index (χ4n) is 2.62. The van der Waals surface area contributed by atoms with Gasteiger partial charge in [0, 0.05) is 12.4 Å². The van der Waals surface area contributed by atoms with Gasteiger partial charge >= 0.3 is 6.09 Å². The molecule has 2 heterocycles. The van der Waals surface area contributed by atoms with Crippen LogP contribution in [-0.4, -0.2) is 41.6 Å². The van der Waals surface area contributed by atoms with Crippen LogP contribution in [0, 0.1) is 6.92 Å². The van der Waals surface area contributed by atoms with Gasteiger partial charge in [0.15, 0.2) is 0 Å². The van der Waals surface area contributed by atoms with E-state index >= 15 is 0 Å². The first kappa shape index (κ1) is 16.0. The highest BCUT2D eigenvalue weighted by Crippen LogP contribution is 2.22. The van der Waals surface area contributed by atoms with E-state index in [4.69, 9.17) is 4.74 Å². The number of ether oxygens (including phenoxy) is 1. The van der Waals surface area contributed by atoms with Gasteiger partial charge in [-0.05, 0) is 30.2 Å². The van der Waals surface area contributed by atoms with Crippen molar-refractivity contribution < 1.29 is 14.3 Å². The van der Waals surface area contributed by atoms with Crippen molar-refractivity contribution in [2.24, 2.45) is 0 Å². The number of amides is 2. The Morgan fingerprint density at radius 3 is 2.50 bits per heavy atom. The van der Waals surface area contributed by atoms with Gasteiger partial charge in [-0.1, -0.05) is 29.8 Å². The van der Waals surface area contributed by atoms with Crippen molar-refractivity contribution in [2.45, 2.75) is 13.0 Å². The Labute approximate surface area is 140 Å². The predicted molar refractivity (Wildman–Crippen MR) is 88.3 cm³/mol. The van der Waals surface area contributed by atoms with Crippen molar-refractivity contribution in [3.63, 3.8) is 0 Å². The monoisotopic (exact) mass is 325 g/mol. The second kappa shape index (κ2) is 7.12. The number of aryl methyl sites for hydroxylation is 1. The molecule has 2 amide bonds. The molecule has 0 bridgehead atoms. The molecule has 1 atom stereocenters. The SMILES string of the molecule is Cc1ccc([C@@H](NC(=O)CN2CCOC2=O)c2ccncc2)cc1. The number of hydrogen-bond donors (Lipinski definition) is 1. The summed E-state index contributed by atoms with van der Waals surface area (Å²) in [5.74, 6) is -0.226. The Hall–Kier alpha value is -2.89. The summed E-state index contributed by atoms with van der Waals surface area (Å²) < 4.78 is 4.85. The Morgan fingerprint density at radius 1 is 1.21 bits per heavy atom. The maximum absolute atomic E-state index is 12.4. The Bertz CT molecular complexity index is 716. The minimum absolute atomic E-state index is 0.00766. The third-order valence-corrected chi connectivity index (χ3v) is 3.93. The van der Waals surface area contributed by atoms with Crippen LogP contribution < -0.4 is 5.32 Å². The number of carbonyl (C=O) groups excluding carboxylic acids is 2. The average molecular weight is 325 g/mol. The number of rotatable bonds is 5. The molecular formula is C18H19N3O3. The van der Waals surface area contributed by atoms with E-state index in [2.05, 4.69) is 10.3 Å². The first-order valence-corrected chi connectivity index (χ1v) is 7.81. The van der Waals surface area contributed by atoms with E-state index in [1.807, 2.05) is 43.3 Å². The van der Waals surface area contributed by atoms with Crippen LogP contribution >= 0.6 is 0 Å². The molecule has 0 spiro atoms. The van der Waals surface area contributed by atoms with Crippen molar-refractivity contribution in [3.8, 4) is 0 Å². The van der Waals surface area contributed by atoms with Crippen LogP contribution in [0.15, 0.2) is 48.8 Å². The third kappa shape index (κ3) is 3.71. The number of cyclic esters (lactones) is 1. The molecule has 124 valence electrons. The lowest BCUT2D eigenvalue weighted by Gasteiger charge is -2.21. The van der Waals surface area contributed by atoms with Gasteiger partial charge in [-0.3, -0.25) is 14.7 Å². The van der Waals surface area contributed by atoms with Crippen molar-refractivity contribution in [1.82, 2.24) is 15.2 Å². The lowest BCUT2D eigenvalue weighted by atomic mass is 9.98. The average Bonchev–Trinajstić information content (AvgIpc) is 2.99. The molecule has 1 aliphatic heterocycles. The van der Waals surface area contributed by atoms with Gasteiger partial charge in [0.05, 0.1) is 12.6 Å². The van der Waals surface area contributed by atoms with E-state index in [1.165, 1.54) is 4.90 Å². The van der Waals surface area contributed by atoms with Crippen molar-refractivity contribution in [1.29, 1.82) is 0 Å². The zero-order valence-corrected chi connectivity index (χ0v) is 13.4. The highest BCUT2D eigenvalue weighted by molar-refractivity contribution is 5.83. The largest absolute Gasteiger partial charge is 0.448 e. The molecule has 0 radical (unpaired) electrons. The van der Waals surface area contributed by atoms with E-state index in [0.29, 0.717) is 13.2 Å². The second-order valence-electron chi connectivity index (χ2n) is 5.73. The minimum Gasteiger partial charge on any atom is -0.448 e. The molecule has 1 fully saturated rings. The summed E-state index contributed by atoms with van der Waals surface area (Å²) >= 11 is 0. The zero-order valence-electron chi connectivity index (χ0n) is 13.4. The van der Waals surface area contributed by atoms with Crippen LogP contribution in [-0.2, 0) is 9.53 Å². The Morgan fingerprint density at radius 2 is 1.88 bits per heavy atom. The number of aromatic nitrogens is 1. The maximum Gasteiger partial charge on any atom is 0.410 e. The molecule has 1 N–H and O–H groups in total. The first-order valence-electron chi connectivity index (χ1n) is 7.81. The fraction of sp³-hybridized carbons (Fsp3) is 0.278. The normalized spacial score (nSPS) is 15.0. The van der Waals surface area contributed by atoms with Crippen LogP contribution in [0.2, 0.25) is 0 Å². The molecule has 1 saturated heterocycles. The number of pyridine rings is 1. The molecule has 1 aliphatic rings. The molecule has 6 heteroatoms. The van der Waals surface area contributed by atoms with Crippen LogP contribution in [0.5, 0.6) is 0 Å². The Balaban J connectivity index is 1.78. The van der Waals surface area contributed by atoms with Gasteiger partial charge < -0.3 is 10.1 Å². The van der Waals surface area contributed by atoms with Crippen molar-refractivity contribution >= 4 is 12.0 Å². The summed E-state index contributed by atoms with van der Waals surface area (Å²) in [7, 11) is 0. The molecule has 24 heavy (non-hydrogen) atoms. The number of benzene rings is 1. The summed E-state index contributed by atoms with van der Waals surface area (Å²) in [5, 5.41) is 3.00. The van der Waals surface area contributed by atoms with Crippen molar-refractivity contribution in [3.05, 3.63) is 65.5 Å². The quantitative estimate of drug-likeness (QED) is 0.913. The molecule has 1 aromatic carbocycles. The highest BCUT2D eigenvalue weighted by atomic mass is 16.6. The third-order valence-electron chi connectivity index (χ3n) is 3.93. The molecule has 6 nitrogen and oxygen atoms in total. The van der Waals surface area contributed by atoms with E-state index in [-0.39, 0.29) is 18.5 Å². The van der Waals surface area contributed by atoms with E-state index < -0.39 is 6.09 Å². The van der Waals surface area contributed by atoms with Gasteiger partial charge in [0.25, 0.3) is 0 Å². The summed E-state index contributed by atoms with van der Waals surface area (Å²) in [6, 6.07) is 11.4. The maximum atomic E-state index is 12.4. The second-order valence-corrected chi connectivity index (χ2v) is 5.73. The molecule has 0 saturated carbocycles. The van der Waals surface area contributed by atoms with E-state index in [9.17, 15) is 9.59 Å². The lowest BCUT2D eigenvalue weighted by molar-refractivity contribution is -0.122. The van der Waals surface area contributed by atoms with Gasteiger partial charge in [-0.25, -0.2) is 4.79 Å². The van der Waals surface area contributed by atoms with Gasteiger partial charge in [-0.2, -0.15) is 0 Å². The minimum atomic E-state index is -0.444. The van der Waals surface area contributed by atoms with Crippen molar-refractivity contribution in [2.75, 3.05) is 19.7 Å². The molecule has 2 aromatic rings. The van der Waals surface area contributed by atoms with Crippen LogP contribution in [0.25, 0.3) is 0 Å². The smallest absolute Gasteiger partial charge is 0.410 e. The number of nitrogens with zero attached hydrogens (tertiary/aromatic N) is 2. The van der Waals surface area contributed by atoms with Gasteiger partial charge in [0.1, 0.15) is 13.2 Å². The first-order chi connectivity index (χ1) is 11.6. The summed E-state index contributed by atoms with van der Waals surface area (Å²) in [4.78, 5) is 29.3. The molecular weight excluding hydrogens is 306 g/mol. The van der Waals surface area contributed by atoms with Gasteiger partial charge in [-0.15, -0.1) is 0 Å². The molecule has 3 rings (SSSR count). The number of nitrogens with one attached hydrogen (secondary N) is 1. The predicted octanol–water partition coefficient (Wildman–Crippen LogP) is 2.05. The van der Waals surface area contributed by atoms with Crippen LogP contribution in [0.1, 0.15) is 22.7 Å². The van der Waals surface area contributed by atoms with Crippen LogP contribution in [0.4, 0.5) is 4.79 Å². The molecule has 1 aromatic heterocycles. The molecule has 0 aliphatic carbocycles. The van der Waals surface area contributed by atoms with E-state index in [0.717, 1.165) is 16.7 Å². The highest BCUT2D eigenvalue weighted by Gasteiger charge is 2.25. The molecule has 0 unspecified atom stereocenters.